The monoisotopic (exact) mass is 522 g/mol. The number of ether oxygens (including phenoxy) is 1. The maximum Gasteiger partial charge on any atom is 0.416 e. The van der Waals surface area contributed by atoms with Gasteiger partial charge in [0.25, 0.3) is 0 Å². The van der Waals surface area contributed by atoms with Crippen molar-refractivity contribution in [1.82, 2.24) is 15.0 Å². The first-order chi connectivity index (χ1) is 13.6. The van der Waals surface area contributed by atoms with Gasteiger partial charge in [-0.1, -0.05) is 36.4 Å². The van der Waals surface area contributed by atoms with Crippen molar-refractivity contribution in [3.63, 3.8) is 0 Å². The van der Waals surface area contributed by atoms with Crippen LogP contribution in [0.1, 0.15) is 5.56 Å². The fraction of sp³-hybridized carbons (Fsp3) is 0.167. The molecule has 1 heterocycles. The average Bonchev–Trinajstić information content (AvgIpc) is 2.66. The van der Waals surface area contributed by atoms with E-state index in [-0.39, 0.29) is 23.5 Å². The second-order valence-electron chi connectivity index (χ2n) is 5.74. The van der Waals surface area contributed by atoms with Gasteiger partial charge in [0.2, 0.25) is 5.95 Å². The van der Waals surface area contributed by atoms with E-state index in [1.54, 1.807) is 30.3 Å². The molecule has 0 amide bonds. The molecule has 29 heavy (non-hydrogen) atoms. The molecule has 0 radical (unpaired) electrons. The number of hydrogen-bond donors (Lipinski definition) is 1. The number of benzene rings is 2. The molecule has 0 saturated carbocycles. The van der Waals surface area contributed by atoms with E-state index in [2.05, 4.69) is 20.3 Å². The summed E-state index contributed by atoms with van der Waals surface area (Å²) in [5.74, 6) is -0.0354. The summed E-state index contributed by atoms with van der Waals surface area (Å²) in [6.45, 7) is -0.977. The first kappa shape index (κ1) is 21.1. The Morgan fingerprint density at radius 1 is 0.897 bits per heavy atom. The number of rotatable bonds is 6. The van der Waals surface area contributed by atoms with Crippen molar-refractivity contribution in [3.8, 4) is 17.4 Å². The van der Waals surface area contributed by atoms with Crippen molar-refractivity contribution in [1.29, 1.82) is 0 Å². The smallest absolute Gasteiger partial charge is 0.416 e. The Morgan fingerprint density at radius 3 is 2.28 bits per heavy atom. The summed E-state index contributed by atoms with van der Waals surface area (Å²) in [4.78, 5) is 12.0. The van der Waals surface area contributed by atoms with E-state index in [0.29, 0.717) is 5.56 Å². The van der Waals surface area contributed by atoms with Crippen LogP contribution in [0.15, 0.2) is 54.6 Å². The van der Waals surface area contributed by atoms with Gasteiger partial charge in [-0.3, -0.25) is 0 Å². The zero-order chi connectivity index (χ0) is 21.1. The van der Waals surface area contributed by atoms with E-state index in [1.165, 1.54) is 12.1 Å². The van der Waals surface area contributed by atoms with E-state index in [0.717, 1.165) is 34.7 Å². The van der Waals surface area contributed by atoms with E-state index >= 15 is 0 Å². The summed E-state index contributed by atoms with van der Waals surface area (Å²) in [6, 6.07) is 12.6. The third kappa shape index (κ3) is 6.21. The molecule has 0 aliphatic rings. The van der Waals surface area contributed by atoms with E-state index in [1.807, 2.05) is 0 Å². The van der Waals surface area contributed by atoms with Gasteiger partial charge in [-0.25, -0.2) is 0 Å². The Hall–Kier alpha value is -2.57. The van der Waals surface area contributed by atoms with Gasteiger partial charge in [0.1, 0.15) is 0 Å². The van der Waals surface area contributed by atoms with Gasteiger partial charge in [-0.2, -0.15) is 36.9 Å². The van der Waals surface area contributed by atoms with Gasteiger partial charge in [0.05, 0.1) is 5.56 Å². The Bertz CT molecular complexity index is 980. The lowest BCUT2D eigenvalue weighted by molar-refractivity contribution is -0.137. The third-order valence-corrected chi connectivity index (χ3v) is 3.77. The molecular weight excluding hydrogens is 510 g/mol. The van der Waals surface area contributed by atoms with Crippen LogP contribution in [0.3, 0.4) is 0 Å². The number of nitrogens with one attached hydrogen (secondary N) is 1. The lowest BCUT2D eigenvalue weighted by atomic mass is 10.2. The van der Waals surface area contributed by atoms with Gasteiger partial charge in [-0.15, -0.1) is 0 Å². The lowest BCUT2D eigenvalue weighted by Crippen LogP contribution is -2.18. The standard InChI is InChI=1S/C18H12F5IN4O/c19-17(20,24)10-29-16-27-14(11-5-2-1-3-6-11)26-15(28-16)25-13-8-4-7-12(9-13)18(21,22)23/h1-9H,10H2,(H,25,26,27,28). The third-order valence-electron chi connectivity index (χ3n) is 3.46. The lowest BCUT2D eigenvalue weighted by Gasteiger charge is -2.13. The van der Waals surface area contributed by atoms with E-state index < -0.39 is 22.3 Å². The summed E-state index contributed by atoms with van der Waals surface area (Å²) >= 11 is 0.910. The normalized spacial score (nSPS) is 11.9. The van der Waals surface area contributed by atoms with Crippen LogP contribution in [0.4, 0.5) is 33.6 Å². The second-order valence-corrected chi connectivity index (χ2v) is 7.32. The van der Waals surface area contributed by atoms with Gasteiger partial charge in [0, 0.05) is 33.8 Å². The summed E-state index contributed by atoms with van der Waals surface area (Å²) < 4.78 is 66.7. The van der Waals surface area contributed by atoms with Crippen LogP contribution < -0.4 is 10.1 Å². The number of nitrogens with zero attached hydrogens (tertiary/aromatic N) is 3. The minimum absolute atomic E-state index is 0.0650. The molecule has 0 bridgehead atoms. The largest absolute Gasteiger partial charge is 0.456 e. The molecule has 2 aromatic carbocycles. The fourth-order valence-electron chi connectivity index (χ4n) is 2.24. The van der Waals surface area contributed by atoms with Crippen LogP contribution in [0.5, 0.6) is 6.01 Å². The topological polar surface area (TPSA) is 59.9 Å². The summed E-state index contributed by atoms with van der Waals surface area (Å²) in [5.41, 5.74) is -0.246. The highest BCUT2D eigenvalue weighted by Crippen LogP contribution is 2.31. The zero-order valence-corrected chi connectivity index (χ0v) is 16.6. The zero-order valence-electron chi connectivity index (χ0n) is 14.4. The van der Waals surface area contributed by atoms with Crippen molar-refractivity contribution in [2.45, 2.75) is 10.1 Å². The Labute approximate surface area is 175 Å². The van der Waals surface area contributed by atoms with Gasteiger partial charge in [0.15, 0.2) is 12.4 Å². The molecule has 1 N–H and O–H groups in total. The molecule has 0 spiro atoms. The summed E-state index contributed by atoms with van der Waals surface area (Å²) in [7, 11) is 0. The van der Waals surface area contributed by atoms with Crippen molar-refractivity contribution in [3.05, 3.63) is 60.2 Å². The van der Waals surface area contributed by atoms with Crippen molar-refractivity contribution in [2.24, 2.45) is 0 Å². The number of alkyl halides is 6. The van der Waals surface area contributed by atoms with Gasteiger partial charge < -0.3 is 10.1 Å². The highest BCUT2D eigenvalue weighted by molar-refractivity contribution is 14.1. The highest BCUT2D eigenvalue weighted by atomic mass is 127. The number of aromatic nitrogens is 3. The van der Waals surface area contributed by atoms with Gasteiger partial charge >= 0.3 is 16.1 Å². The summed E-state index contributed by atoms with van der Waals surface area (Å²) in [6.07, 6.45) is -4.52. The number of anilines is 2. The molecule has 0 aliphatic heterocycles. The maximum atomic E-state index is 13.1. The van der Waals surface area contributed by atoms with E-state index in [4.69, 9.17) is 4.74 Å². The molecule has 152 valence electrons. The molecule has 0 fully saturated rings. The van der Waals surface area contributed by atoms with Crippen LogP contribution >= 0.6 is 22.6 Å². The molecule has 5 nitrogen and oxygen atoms in total. The fourth-order valence-corrected chi connectivity index (χ4v) is 2.40. The molecular formula is C18H12F5IN4O. The molecule has 3 rings (SSSR count). The Balaban J connectivity index is 1.95. The first-order valence-electron chi connectivity index (χ1n) is 8.05. The van der Waals surface area contributed by atoms with E-state index in [9.17, 15) is 22.0 Å². The molecule has 11 heteroatoms. The van der Waals surface area contributed by atoms with Gasteiger partial charge in [-0.05, 0) is 18.2 Å². The molecule has 3 aromatic rings. The maximum absolute atomic E-state index is 13.1. The molecule has 0 unspecified atom stereocenters. The quantitative estimate of drug-likeness (QED) is 0.256. The highest BCUT2D eigenvalue weighted by Gasteiger charge is 2.30. The summed E-state index contributed by atoms with van der Waals surface area (Å²) in [5, 5.41) is 2.63. The predicted molar refractivity (Wildman–Crippen MR) is 104 cm³/mol. The van der Waals surface area contributed by atoms with Crippen LogP contribution in [-0.2, 0) is 6.18 Å². The van der Waals surface area contributed by atoms with Crippen LogP contribution in [0, 0.1) is 0 Å². The molecule has 0 aliphatic carbocycles. The van der Waals surface area contributed by atoms with Crippen LogP contribution in [-0.4, -0.2) is 25.5 Å². The van der Waals surface area contributed by atoms with Crippen molar-refractivity contribution >= 4 is 34.2 Å². The Morgan fingerprint density at radius 2 is 1.62 bits per heavy atom. The number of hydrogen-bond acceptors (Lipinski definition) is 5. The average molecular weight is 522 g/mol. The SMILES string of the molecule is FC(F)(I)COc1nc(Nc2cccc(C(F)(F)F)c2)nc(-c2ccccc2)n1. The first-order valence-corrected chi connectivity index (χ1v) is 9.13. The minimum Gasteiger partial charge on any atom is -0.456 e. The van der Waals surface area contributed by atoms with Crippen LogP contribution in [0.25, 0.3) is 11.4 Å². The number of halogens is 6. The molecule has 1 aromatic heterocycles. The minimum atomic E-state index is -4.52. The van der Waals surface area contributed by atoms with Crippen molar-refractivity contribution in [2.75, 3.05) is 11.9 Å². The second kappa shape index (κ2) is 8.43. The van der Waals surface area contributed by atoms with Crippen molar-refractivity contribution < 1.29 is 26.7 Å². The predicted octanol–water partition coefficient (Wildman–Crippen LogP) is 5.71. The molecule has 0 atom stereocenters. The molecule has 0 saturated heterocycles. The Kier molecular flexibility index (Phi) is 6.15. The van der Waals surface area contributed by atoms with Crippen LogP contribution in [0.2, 0.25) is 0 Å².